The molecule has 0 aliphatic carbocycles. The first kappa shape index (κ1) is 11.0. The summed E-state index contributed by atoms with van der Waals surface area (Å²) in [5.41, 5.74) is 0. The molecule has 0 aromatic rings. The summed E-state index contributed by atoms with van der Waals surface area (Å²) in [6.07, 6.45) is 2.17. The lowest BCUT2D eigenvalue weighted by Gasteiger charge is -2.27. The fourth-order valence-corrected chi connectivity index (χ4v) is 2.00. The number of rotatable bonds is 3. The van der Waals surface area contributed by atoms with Gasteiger partial charge >= 0.3 is 0 Å². The van der Waals surface area contributed by atoms with Crippen LogP contribution < -0.4 is 0 Å². The third-order valence-electron chi connectivity index (χ3n) is 2.99. The molecule has 0 bridgehead atoms. The molecule has 1 heterocycles. The molecule has 0 aromatic heterocycles. The van der Waals surface area contributed by atoms with Gasteiger partial charge in [0.05, 0.1) is 0 Å². The van der Waals surface area contributed by atoms with E-state index in [2.05, 4.69) is 23.8 Å². The maximum absolute atomic E-state index is 8.94. The Balaban J connectivity index is 2.45. The van der Waals surface area contributed by atoms with E-state index in [1.54, 1.807) is 0 Å². The Bertz CT molecular complexity index is 141. The van der Waals surface area contributed by atoms with Crippen molar-refractivity contribution in [3.05, 3.63) is 0 Å². The monoisotopic (exact) mass is 186 g/mol. The van der Waals surface area contributed by atoms with Crippen molar-refractivity contribution in [2.75, 3.05) is 39.8 Å². The molecule has 1 unspecified atom stereocenters. The van der Waals surface area contributed by atoms with Crippen molar-refractivity contribution in [3.63, 3.8) is 0 Å². The average molecular weight is 186 g/mol. The Morgan fingerprint density at radius 3 is 2.77 bits per heavy atom. The summed E-state index contributed by atoms with van der Waals surface area (Å²) in [5.74, 6) is 0. The van der Waals surface area contributed by atoms with Crippen LogP contribution >= 0.6 is 0 Å². The molecule has 3 nitrogen and oxygen atoms in total. The molecule has 0 amide bonds. The molecule has 0 radical (unpaired) electrons. The maximum Gasteiger partial charge on any atom is 0.0446 e. The maximum atomic E-state index is 8.94. The fourth-order valence-electron chi connectivity index (χ4n) is 2.00. The van der Waals surface area contributed by atoms with Crippen molar-refractivity contribution >= 4 is 0 Å². The predicted molar refractivity (Wildman–Crippen MR) is 54.9 cm³/mol. The molecule has 1 fully saturated rings. The normalized spacial score (nSPS) is 27.5. The standard InChI is InChI=1S/C10H22N2O/c1-3-12-7-4-6-11(2)10(9-12)5-8-13/h10,13H,3-9H2,1-2H3. The van der Waals surface area contributed by atoms with Gasteiger partial charge in [0.25, 0.3) is 0 Å². The van der Waals surface area contributed by atoms with Gasteiger partial charge in [-0.25, -0.2) is 0 Å². The van der Waals surface area contributed by atoms with Gasteiger partial charge in [-0.1, -0.05) is 6.92 Å². The minimum Gasteiger partial charge on any atom is -0.396 e. The summed E-state index contributed by atoms with van der Waals surface area (Å²) >= 11 is 0. The summed E-state index contributed by atoms with van der Waals surface area (Å²) in [6, 6.07) is 0.549. The lowest BCUT2D eigenvalue weighted by atomic mass is 10.2. The van der Waals surface area contributed by atoms with E-state index in [0.717, 1.165) is 19.5 Å². The van der Waals surface area contributed by atoms with Gasteiger partial charge in [-0.05, 0) is 39.5 Å². The van der Waals surface area contributed by atoms with Crippen LogP contribution in [-0.4, -0.2) is 60.8 Å². The topological polar surface area (TPSA) is 26.7 Å². The van der Waals surface area contributed by atoms with Crippen molar-refractivity contribution in [2.45, 2.75) is 25.8 Å². The molecular weight excluding hydrogens is 164 g/mol. The summed E-state index contributed by atoms with van der Waals surface area (Å²) in [4.78, 5) is 4.86. The molecule has 1 N–H and O–H groups in total. The molecule has 1 saturated heterocycles. The average Bonchev–Trinajstić information content (AvgIpc) is 2.30. The zero-order valence-electron chi connectivity index (χ0n) is 8.87. The minimum absolute atomic E-state index is 0.312. The number of aliphatic hydroxyl groups excluding tert-OH is 1. The van der Waals surface area contributed by atoms with Crippen LogP contribution in [0.5, 0.6) is 0 Å². The van der Waals surface area contributed by atoms with Crippen molar-refractivity contribution in [3.8, 4) is 0 Å². The summed E-state index contributed by atoms with van der Waals surface area (Å²) < 4.78 is 0. The molecule has 0 spiro atoms. The number of hydrogen-bond acceptors (Lipinski definition) is 3. The molecule has 78 valence electrons. The van der Waals surface area contributed by atoms with Gasteiger partial charge in [-0.2, -0.15) is 0 Å². The van der Waals surface area contributed by atoms with Gasteiger partial charge in [-0.15, -0.1) is 0 Å². The van der Waals surface area contributed by atoms with Gasteiger partial charge in [0.15, 0.2) is 0 Å². The molecule has 0 aromatic carbocycles. The molecule has 1 aliphatic heterocycles. The van der Waals surface area contributed by atoms with E-state index < -0.39 is 0 Å². The first-order valence-electron chi connectivity index (χ1n) is 5.31. The second kappa shape index (κ2) is 5.58. The number of aliphatic hydroxyl groups is 1. The Labute approximate surface area is 81.3 Å². The van der Waals surface area contributed by atoms with E-state index in [1.165, 1.54) is 19.5 Å². The van der Waals surface area contributed by atoms with Crippen LogP contribution in [-0.2, 0) is 0 Å². The van der Waals surface area contributed by atoms with E-state index in [0.29, 0.717) is 12.6 Å². The second-order valence-electron chi connectivity index (χ2n) is 3.89. The van der Waals surface area contributed by atoms with E-state index in [1.807, 2.05) is 0 Å². The molecule has 1 atom stereocenters. The van der Waals surface area contributed by atoms with Crippen LogP contribution in [0.1, 0.15) is 19.8 Å². The highest BCUT2D eigenvalue weighted by Gasteiger charge is 2.20. The first-order valence-corrected chi connectivity index (χ1v) is 5.31. The lowest BCUT2D eigenvalue weighted by molar-refractivity contribution is 0.168. The molecule has 1 aliphatic rings. The van der Waals surface area contributed by atoms with Crippen LogP contribution in [0.3, 0.4) is 0 Å². The first-order chi connectivity index (χ1) is 6.27. The highest BCUT2D eigenvalue weighted by Crippen LogP contribution is 2.10. The van der Waals surface area contributed by atoms with Gasteiger partial charge in [0, 0.05) is 19.2 Å². The number of hydrogen-bond donors (Lipinski definition) is 1. The van der Waals surface area contributed by atoms with E-state index in [-0.39, 0.29) is 0 Å². The molecular formula is C10H22N2O. The molecule has 1 rings (SSSR count). The zero-order valence-corrected chi connectivity index (χ0v) is 8.87. The summed E-state index contributed by atoms with van der Waals surface area (Å²) in [6.45, 7) is 7.15. The van der Waals surface area contributed by atoms with Crippen molar-refractivity contribution in [1.82, 2.24) is 9.80 Å². The molecule has 3 heteroatoms. The zero-order chi connectivity index (χ0) is 9.68. The van der Waals surface area contributed by atoms with E-state index in [9.17, 15) is 0 Å². The Hall–Kier alpha value is -0.120. The largest absolute Gasteiger partial charge is 0.396 e. The molecule has 0 saturated carbocycles. The highest BCUT2D eigenvalue weighted by molar-refractivity contribution is 4.77. The summed E-state index contributed by atoms with van der Waals surface area (Å²) in [7, 11) is 2.17. The Morgan fingerprint density at radius 1 is 1.38 bits per heavy atom. The third-order valence-corrected chi connectivity index (χ3v) is 2.99. The third kappa shape index (κ3) is 3.25. The van der Waals surface area contributed by atoms with E-state index in [4.69, 9.17) is 5.11 Å². The van der Waals surface area contributed by atoms with Crippen LogP contribution in [0, 0.1) is 0 Å². The van der Waals surface area contributed by atoms with Gasteiger partial charge in [-0.3, -0.25) is 0 Å². The van der Waals surface area contributed by atoms with Gasteiger partial charge in [0.1, 0.15) is 0 Å². The minimum atomic E-state index is 0.312. The van der Waals surface area contributed by atoms with Crippen molar-refractivity contribution in [1.29, 1.82) is 0 Å². The summed E-state index contributed by atoms with van der Waals surface area (Å²) in [5, 5.41) is 8.94. The van der Waals surface area contributed by atoms with Gasteiger partial charge < -0.3 is 14.9 Å². The second-order valence-corrected chi connectivity index (χ2v) is 3.89. The highest BCUT2D eigenvalue weighted by atomic mass is 16.3. The lowest BCUT2D eigenvalue weighted by Crippen LogP contribution is -2.39. The van der Waals surface area contributed by atoms with Gasteiger partial charge in [0.2, 0.25) is 0 Å². The SMILES string of the molecule is CCN1CCCN(C)C(CCO)C1. The van der Waals surface area contributed by atoms with Crippen LogP contribution in [0.15, 0.2) is 0 Å². The van der Waals surface area contributed by atoms with Crippen LogP contribution in [0.25, 0.3) is 0 Å². The van der Waals surface area contributed by atoms with E-state index >= 15 is 0 Å². The molecule has 13 heavy (non-hydrogen) atoms. The quantitative estimate of drug-likeness (QED) is 0.691. The predicted octanol–water partition coefficient (Wildman–Crippen LogP) is 0.395. The number of nitrogens with zero attached hydrogens (tertiary/aromatic N) is 2. The Kier molecular flexibility index (Phi) is 4.70. The number of likely N-dealkylation sites (N-methyl/N-ethyl adjacent to an activating group) is 2. The Morgan fingerprint density at radius 2 is 2.15 bits per heavy atom. The van der Waals surface area contributed by atoms with Crippen LogP contribution in [0.2, 0.25) is 0 Å². The van der Waals surface area contributed by atoms with Crippen molar-refractivity contribution < 1.29 is 5.11 Å². The van der Waals surface area contributed by atoms with Crippen molar-refractivity contribution in [2.24, 2.45) is 0 Å². The smallest absolute Gasteiger partial charge is 0.0446 e. The fraction of sp³-hybridized carbons (Fsp3) is 1.00. The van der Waals surface area contributed by atoms with Crippen LogP contribution in [0.4, 0.5) is 0 Å².